The lowest BCUT2D eigenvalue weighted by atomic mass is 10.3. The van der Waals surface area contributed by atoms with Gasteiger partial charge in [-0.15, -0.1) is 11.3 Å². The lowest BCUT2D eigenvalue weighted by molar-refractivity contribution is 0.0605. The van der Waals surface area contributed by atoms with Crippen LogP contribution in [-0.4, -0.2) is 31.8 Å². The molecule has 0 bridgehead atoms. The maximum absolute atomic E-state index is 11.3. The number of esters is 1. The van der Waals surface area contributed by atoms with Crippen LogP contribution in [0.3, 0.4) is 0 Å². The topological polar surface area (TPSA) is 48.4 Å². The van der Waals surface area contributed by atoms with Gasteiger partial charge in [0.05, 0.1) is 17.8 Å². The molecule has 0 aromatic carbocycles. The molecule has 0 amide bonds. The van der Waals surface area contributed by atoms with Crippen LogP contribution in [0.1, 0.15) is 26.8 Å². The van der Waals surface area contributed by atoms with E-state index in [0.29, 0.717) is 11.5 Å². The molecule has 1 aromatic heterocycles. The van der Waals surface area contributed by atoms with Crippen LogP contribution in [0.15, 0.2) is 0 Å². The number of methoxy groups -OCH3 is 2. The first kappa shape index (κ1) is 12.1. The van der Waals surface area contributed by atoms with Gasteiger partial charge in [0.15, 0.2) is 0 Å². The van der Waals surface area contributed by atoms with E-state index in [9.17, 15) is 4.79 Å². The Kier molecular flexibility index (Phi) is 4.71. The summed E-state index contributed by atoms with van der Waals surface area (Å²) in [4.78, 5) is 16.2. The molecule has 4 nitrogen and oxygen atoms in total. The largest absolute Gasteiger partial charge is 0.465 e. The van der Waals surface area contributed by atoms with Gasteiger partial charge in [-0.2, -0.15) is 0 Å². The first-order chi connectivity index (χ1) is 7.19. The molecule has 0 spiro atoms. The Bertz CT molecular complexity index is 335. The highest BCUT2D eigenvalue weighted by Gasteiger charge is 2.14. The molecular weight excluding hydrogens is 214 g/mol. The summed E-state index contributed by atoms with van der Waals surface area (Å²) >= 11 is 1.40. The highest BCUT2D eigenvalue weighted by molar-refractivity contribution is 7.13. The van der Waals surface area contributed by atoms with Crippen LogP contribution in [0.25, 0.3) is 0 Å². The Morgan fingerprint density at radius 1 is 1.47 bits per heavy atom. The van der Waals surface area contributed by atoms with Crippen molar-refractivity contribution in [1.29, 1.82) is 0 Å². The minimum Gasteiger partial charge on any atom is -0.465 e. The lowest BCUT2D eigenvalue weighted by Gasteiger charge is -1.95. The first-order valence-electron chi connectivity index (χ1n) is 4.72. The summed E-state index contributed by atoms with van der Waals surface area (Å²) in [5, 5.41) is 0.963. The average molecular weight is 229 g/mol. The average Bonchev–Trinajstić information content (AvgIpc) is 2.59. The molecule has 0 aliphatic carbocycles. The van der Waals surface area contributed by atoms with E-state index in [1.807, 2.05) is 6.92 Å². The van der Waals surface area contributed by atoms with Crippen molar-refractivity contribution in [2.75, 3.05) is 20.8 Å². The van der Waals surface area contributed by atoms with Gasteiger partial charge in [0, 0.05) is 20.1 Å². The van der Waals surface area contributed by atoms with Crippen LogP contribution < -0.4 is 0 Å². The molecule has 0 N–H and O–H groups in total. The Morgan fingerprint density at radius 2 is 2.20 bits per heavy atom. The number of nitrogens with zero attached hydrogens (tertiary/aromatic N) is 1. The Morgan fingerprint density at radius 3 is 2.80 bits per heavy atom. The van der Waals surface area contributed by atoms with Gasteiger partial charge in [-0.1, -0.05) is 0 Å². The Balaban J connectivity index is 2.64. The minimum atomic E-state index is -0.303. The highest BCUT2D eigenvalue weighted by atomic mass is 32.1. The van der Waals surface area contributed by atoms with E-state index in [4.69, 9.17) is 4.74 Å². The van der Waals surface area contributed by atoms with Crippen molar-refractivity contribution < 1.29 is 14.3 Å². The van der Waals surface area contributed by atoms with E-state index in [-0.39, 0.29) is 5.97 Å². The quantitative estimate of drug-likeness (QED) is 0.571. The number of hydrogen-bond acceptors (Lipinski definition) is 5. The second kappa shape index (κ2) is 5.82. The van der Waals surface area contributed by atoms with Gasteiger partial charge < -0.3 is 9.47 Å². The molecule has 0 saturated carbocycles. The predicted molar refractivity (Wildman–Crippen MR) is 58.4 cm³/mol. The van der Waals surface area contributed by atoms with E-state index in [2.05, 4.69) is 9.72 Å². The van der Waals surface area contributed by atoms with Crippen molar-refractivity contribution in [3.05, 3.63) is 15.6 Å². The summed E-state index contributed by atoms with van der Waals surface area (Å²) in [6, 6.07) is 0. The van der Waals surface area contributed by atoms with E-state index >= 15 is 0 Å². The molecule has 84 valence electrons. The van der Waals surface area contributed by atoms with Crippen molar-refractivity contribution in [2.24, 2.45) is 0 Å². The Labute approximate surface area is 93.2 Å². The summed E-state index contributed by atoms with van der Waals surface area (Å²) in [6.07, 6.45) is 1.76. The van der Waals surface area contributed by atoms with E-state index in [0.717, 1.165) is 23.5 Å². The fraction of sp³-hybridized carbons (Fsp3) is 0.600. The smallest absolute Gasteiger partial charge is 0.349 e. The third-order valence-electron chi connectivity index (χ3n) is 1.95. The fourth-order valence-corrected chi connectivity index (χ4v) is 2.23. The minimum absolute atomic E-state index is 0.303. The number of aryl methyl sites for hydroxylation is 2. The van der Waals surface area contributed by atoms with Crippen LogP contribution in [0.4, 0.5) is 0 Å². The van der Waals surface area contributed by atoms with Crippen molar-refractivity contribution in [2.45, 2.75) is 19.8 Å². The molecule has 1 aromatic rings. The van der Waals surface area contributed by atoms with Crippen LogP contribution in [-0.2, 0) is 15.9 Å². The molecule has 0 aliphatic rings. The first-order valence-corrected chi connectivity index (χ1v) is 5.54. The normalized spacial score (nSPS) is 10.3. The van der Waals surface area contributed by atoms with Gasteiger partial charge >= 0.3 is 5.97 Å². The third kappa shape index (κ3) is 3.28. The van der Waals surface area contributed by atoms with Crippen molar-refractivity contribution >= 4 is 17.3 Å². The zero-order valence-electron chi connectivity index (χ0n) is 9.20. The molecule has 15 heavy (non-hydrogen) atoms. The van der Waals surface area contributed by atoms with Gasteiger partial charge in [-0.05, 0) is 13.3 Å². The second-order valence-electron chi connectivity index (χ2n) is 3.11. The Hall–Kier alpha value is -0.940. The lowest BCUT2D eigenvalue weighted by Crippen LogP contribution is -1.99. The molecule has 1 rings (SSSR count). The summed E-state index contributed by atoms with van der Waals surface area (Å²) in [6.45, 7) is 2.54. The molecule has 0 fully saturated rings. The van der Waals surface area contributed by atoms with Gasteiger partial charge in [-0.25, -0.2) is 9.78 Å². The number of carbonyl (C=O) groups excluding carboxylic acids is 1. The third-order valence-corrected chi connectivity index (χ3v) is 3.15. The van der Waals surface area contributed by atoms with Crippen LogP contribution in [0.2, 0.25) is 0 Å². The molecule has 0 unspecified atom stereocenters. The zero-order chi connectivity index (χ0) is 11.3. The van der Waals surface area contributed by atoms with Gasteiger partial charge in [0.1, 0.15) is 4.88 Å². The summed E-state index contributed by atoms with van der Waals surface area (Å²) in [5.41, 5.74) is 0.749. The second-order valence-corrected chi connectivity index (χ2v) is 4.19. The van der Waals surface area contributed by atoms with Crippen molar-refractivity contribution in [3.8, 4) is 0 Å². The van der Waals surface area contributed by atoms with Crippen molar-refractivity contribution in [1.82, 2.24) is 4.98 Å². The van der Waals surface area contributed by atoms with Gasteiger partial charge in [-0.3, -0.25) is 0 Å². The van der Waals surface area contributed by atoms with Crippen molar-refractivity contribution in [3.63, 3.8) is 0 Å². The number of ether oxygens (including phenoxy) is 2. The number of hydrogen-bond donors (Lipinski definition) is 0. The summed E-state index contributed by atoms with van der Waals surface area (Å²) in [7, 11) is 3.05. The van der Waals surface area contributed by atoms with Gasteiger partial charge in [0.25, 0.3) is 0 Å². The number of carbonyl (C=O) groups is 1. The molecular formula is C10H15NO3S. The van der Waals surface area contributed by atoms with E-state index < -0.39 is 0 Å². The summed E-state index contributed by atoms with van der Waals surface area (Å²) < 4.78 is 9.62. The van der Waals surface area contributed by atoms with Crippen LogP contribution in [0.5, 0.6) is 0 Å². The summed E-state index contributed by atoms with van der Waals surface area (Å²) in [5.74, 6) is -0.303. The maximum atomic E-state index is 11.3. The SMILES string of the molecule is COCCCc1nc(C)c(C(=O)OC)s1. The predicted octanol–water partition coefficient (Wildman–Crippen LogP) is 1.82. The highest BCUT2D eigenvalue weighted by Crippen LogP contribution is 2.19. The van der Waals surface area contributed by atoms with Crippen LogP contribution >= 0.6 is 11.3 Å². The van der Waals surface area contributed by atoms with Gasteiger partial charge in [0.2, 0.25) is 0 Å². The maximum Gasteiger partial charge on any atom is 0.349 e. The van der Waals surface area contributed by atoms with Crippen LogP contribution in [0, 0.1) is 6.92 Å². The number of thiazole rings is 1. The molecule has 1 heterocycles. The monoisotopic (exact) mass is 229 g/mol. The molecule has 0 radical (unpaired) electrons. The molecule has 0 atom stereocenters. The fourth-order valence-electron chi connectivity index (χ4n) is 1.21. The molecule has 0 saturated heterocycles. The number of rotatable bonds is 5. The molecule has 0 aliphatic heterocycles. The zero-order valence-corrected chi connectivity index (χ0v) is 10.0. The van der Waals surface area contributed by atoms with E-state index in [1.54, 1.807) is 7.11 Å². The standard InChI is InChI=1S/C10H15NO3S/c1-7-9(10(12)14-3)15-8(11-7)5-4-6-13-2/h4-6H2,1-3H3. The number of aromatic nitrogens is 1. The molecule has 5 heteroatoms. The van der Waals surface area contributed by atoms with E-state index in [1.165, 1.54) is 18.4 Å².